The van der Waals surface area contributed by atoms with Crippen LogP contribution in [0.3, 0.4) is 0 Å². The molecule has 17 heavy (non-hydrogen) atoms. The van der Waals surface area contributed by atoms with Gasteiger partial charge in [0, 0.05) is 19.1 Å². The van der Waals surface area contributed by atoms with Crippen molar-refractivity contribution in [3.05, 3.63) is 12.2 Å². The Morgan fingerprint density at radius 1 is 1.24 bits per heavy atom. The fourth-order valence-electron chi connectivity index (χ4n) is 3.05. The van der Waals surface area contributed by atoms with E-state index in [1.54, 1.807) is 0 Å². The molecule has 0 aromatic rings. The largest absolute Gasteiger partial charge is 0.359 e. The molecule has 2 aliphatic rings. The summed E-state index contributed by atoms with van der Waals surface area (Å²) in [5.74, 6) is 1.54. The fourth-order valence-corrected chi connectivity index (χ4v) is 3.39. The van der Waals surface area contributed by atoms with Crippen molar-refractivity contribution in [3.63, 3.8) is 0 Å². The number of thiocarbonyl (C=S) groups is 1. The molecular weight excluding hydrogens is 228 g/mol. The lowest BCUT2D eigenvalue weighted by Gasteiger charge is -2.29. The van der Waals surface area contributed by atoms with Gasteiger partial charge in [-0.3, -0.25) is 0 Å². The highest BCUT2D eigenvalue weighted by Gasteiger charge is 2.36. The number of hydrogen-bond donors (Lipinski definition) is 1. The van der Waals surface area contributed by atoms with Gasteiger partial charge < -0.3 is 10.2 Å². The summed E-state index contributed by atoms with van der Waals surface area (Å²) in [5, 5.41) is 4.56. The summed E-state index contributed by atoms with van der Waals surface area (Å²) < 4.78 is 0. The first-order valence-electron chi connectivity index (χ1n) is 6.98. The van der Waals surface area contributed by atoms with Crippen LogP contribution in [0.2, 0.25) is 0 Å². The maximum absolute atomic E-state index is 5.55. The van der Waals surface area contributed by atoms with Gasteiger partial charge in [-0.25, -0.2) is 0 Å². The molecule has 0 unspecified atom stereocenters. The van der Waals surface area contributed by atoms with Crippen molar-refractivity contribution < 1.29 is 0 Å². The predicted molar refractivity (Wildman–Crippen MR) is 77.0 cm³/mol. The highest BCUT2D eigenvalue weighted by atomic mass is 32.1. The third-order valence-electron chi connectivity index (χ3n) is 3.86. The third-order valence-corrected chi connectivity index (χ3v) is 4.24. The number of rotatable bonds is 5. The zero-order valence-corrected chi connectivity index (χ0v) is 11.8. The van der Waals surface area contributed by atoms with Gasteiger partial charge in [0.15, 0.2) is 5.11 Å². The van der Waals surface area contributed by atoms with Gasteiger partial charge in [-0.1, -0.05) is 26.0 Å². The van der Waals surface area contributed by atoms with E-state index in [0.29, 0.717) is 6.04 Å². The van der Waals surface area contributed by atoms with Crippen LogP contribution in [0, 0.1) is 11.8 Å². The van der Waals surface area contributed by atoms with Crippen molar-refractivity contribution in [1.29, 1.82) is 0 Å². The minimum atomic E-state index is 0.591. The monoisotopic (exact) mass is 252 g/mol. The standard InChI is InChI=1S/C14H24N2S/c1-3-7-16(8-4-2)14(17)15-13-10-11-5-6-12(13)9-11/h5-6,11-13H,3-4,7-10H2,1-2H3,(H,15,17)/t11-,12-,13-/m1/s1. The minimum Gasteiger partial charge on any atom is -0.359 e. The van der Waals surface area contributed by atoms with Crippen LogP contribution in [0.4, 0.5) is 0 Å². The van der Waals surface area contributed by atoms with Crippen LogP contribution in [0.25, 0.3) is 0 Å². The molecule has 96 valence electrons. The van der Waals surface area contributed by atoms with Gasteiger partial charge in [0.1, 0.15) is 0 Å². The maximum atomic E-state index is 5.55. The van der Waals surface area contributed by atoms with E-state index in [1.165, 1.54) is 25.7 Å². The van der Waals surface area contributed by atoms with Crippen LogP contribution in [0.1, 0.15) is 39.5 Å². The molecule has 0 aliphatic heterocycles. The topological polar surface area (TPSA) is 15.3 Å². The van der Waals surface area contributed by atoms with E-state index in [4.69, 9.17) is 12.2 Å². The molecule has 2 aliphatic carbocycles. The van der Waals surface area contributed by atoms with Gasteiger partial charge in [0.05, 0.1) is 0 Å². The van der Waals surface area contributed by atoms with Crippen molar-refractivity contribution in [1.82, 2.24) is 10.2 Å². The number of fused-ring (bicyclic) bond motifs is 2. The SMILES string of the molecule is CCCN(CCC)C(=S)N[C@@H]1C[C@@H]2C=C[C@@H]1C2. The van der Waals surface area contributed by atoms with Gasteiger partial charge in [-0.2, -0.15) is 0 Å². The second kappa shape index (κ2) is 5.85. The van der Waals surface area contributed by atoms with Gasteiger partial charge in [-0.15, -0.1) is 0 Å². The zero-order chi connectivity index (χ0) is 12.3. The fraction of sp³-hybridized carbons (Fsp3) is 0.786. The van der Waals surface area contributed by atoms with Crippen LogP contribution in [-0.2, 0) is 0 Å². The van der Waals surface area contributed by atoms with Crippen molar-refractivity contribution in [2.75, 3.05) is 13.1 Å². The minimum absolute atomic E-state index is 0.591. The van der Waals surface area contributed by atoms with E-state index in [0.717, 1.165) is 30.0 Å². The van der Waals surface area contributed by atoms with Gasteiger partial charge in [-0.05, 0) is 49.7 Å². The van der Waals surface area contributed by atoms with Gasteiger partial charge >= 0.3 is 0 Å². The van der Waals surface area contributed by atoms with Crippen molar-refractivity contribution in [3.8, 4) is 0 Å². The first-order chi connectivity index (χ1) is 8.24. The van der Waals surface area contributed by atoms with Crippen LogP contribution < -0.4 is 5.32 Å². The summed E-state index contributed by atoms with van der Waals surface area (Å²) in [6.45, 7) is 6.59. The summed E-state index contributed by atoms with van der Waals surface area (Å²) in [6, 6.07) is 0.591. The molecule has 3 heteroatoms. The second-order valence-corrected chi connectivity index (χ2v) is 5.71. The summed E-state index contributed by atoms with van der Waals surface area (Å²) >= 11 is 5.55. The van der Waals surface area contributed by atoms with Gasteiger partial charge in [0.2, 0.25) is 0 Å². The second-order valence-electron chi connectivity index (χ2n) is 5.32. The molecule has 0 heterocycles. The quantitative estimate of drug-likeness (QED) is 0.598. The van der Waals surface area contributed by atoms with Gasteiger partial charge in [0.25, 0.3) is 0 Å². The first-order valence-corrected chi connectivity index (χ1v) is 7.39. The van der Waals surface area contributed by atoms with Crippen molar-refractivity contribution in [2.24, 2.45) is 11.8 Å². The number of nitrogens with one attached hydrogen (secondary N) is 1. The Bertz CT molecular complexity index is 295. The Labute approximate surface area is 110 Å². The van der Waals surface area contributed by atoms with E-state index in [9.17, 15) is 0 Å². The van der Waals surface area contributed by atoms with Crippen LogP contribution in [-0.4, -0.2) is 29.1 Å². The molecule has 0 amide bonds. The van der Waals surface area contributed by atoms with Crippen LogP contribution >= 0.6 is 12.2 Å². The number of nitrogens with zero attached hydrogens (tertiary/aromatic N) is 1. The molecule has 1 saturated carbocycles. The van der Waals surface area contributed by atoms with Crippen molar-refractivity contribution >= 4 is 17.3 Å². The number of hydrogen-bond acceptors (Lipinski definition) is 1. The molecule has 1 N–H and O–H groups in total. The zero-order valence-electron chi connectivity index (χ0n) is 11.0. The molecule has 0 aromatic heterocycles. The molecular formula is C14H24N2S. The van der Waals surface area contributed by atoms with E-state index in [-0.39, 0.29) is 0 Å². The molecule has 0 saturated heterocycles. The van der Waals surface area contributed by atoms with Crippen molar-refractivity contribution in [2.45, 2.75) is 45.6 Å². The van der Waals surface area contributed by atoms with E-state index < -0.39 is 0 Å². The lowest BCUT2D eigenvalue weighted by Crippen LogP contribution is -2.46. The smallest absolute Gasteiger partial charge is 0.169 e. The highest BCUT2D eigenvalue weighted by molar-refractivity contribution is 7.80. The maximum Gasteiger partial charge on any atom is 0.169 e. The van der Waals surface area contributed by atoms with Crippen LogP contribution in [0.5, 0.6) is 0 Å². The molecule has 1 fully saturated rings. The van der Waals surface area contributed by atoms with Crippen LogP contribution in [0.15, 0.2) is 12.2 Å². The summed E-state index contributed by atoms with van der Waals surface area (Å²) in [4.78, 5) is 2.32. The van der Waals surface area contributed by atoms with E-state index in [2.05, 4.69) is 36.2 Å². The van der Waals surface area contributed by atoms with E-state index in [1.807, 2.05) is 0 Å². The number of allylic oxidation sites excluding steroid dienone is 1. The average Bonchev–Trinajstić information content (AvgIpc) is 2.90. The molecule has 2 nitrogen and oxygen atoms in total. The molecule has 2 bridgehead atoms. The molecule has 0 aromatic carbocycles. The summed E-state index contributed by atoms with van der Waals surface area (Å²) in [7, 11) is 0. The Morgan fingerprint density at radius 2 is 1.94 bits per heavy atom. The molecule has 2 rings (SSSR count). The Hall–Kier alpha value is -0.570. The normalized spacial score (nSPS) is 29.6. The lowest BCUT2D eigenvalue weighted by molar-refractivity contribution is 0.393. The molecule has 0 radical (unpaired) electrons. The Balaban J connectivity index is 1.84. The predicted octanol–water partition coefficient (Wildman–Crippen LogP) is 2.95. The first kappa shape index (κ1) is 12.9. The Morgan fingerprint density at radius 3 is 2.41 bits per heavy atom. The molecule has 0 spiro atoms. The summed E-state index contributed by atoms with van der Waals surface area (Å²) in [6.07, 6.45) is 9.69. The Kier molecular flexibility index (Phi) is 4.43. The summed E-state index contributed by atoms with van der Waals surface area (Å²) in [5.41, 5.74) is 0. The van der Waals surface area contributed by atoms with E-state index >= 15 is 0 Å². The molecule has 3 atom stereocenters. The lowest BCUT2D eigenvalue weighted by atomic mass is 10.0. The highest BCUT2D eigenvalue weighted by Crippen LogP contribution is 2.38. The average molecular weight is 252 g/mol. The third kappa shape index (κ3) is 3.01.